The van der Waals surface area contributed by atoms with Crippen molar-refractivity contribution in [3.63, 3.8) is 0 Å². The zero-order valence-corrected chi connectivity index (χ0v) is 12.9. The second-order valence-electron chi connectivity index (χ2n) is 5.63. The van der Waals surface area contributed by atoms with Crippen LogP contribution < -0.4 is 0 Å². The summed E-state index contributed by atoms with van der Waals surface area (Å²) in [5.74, 6) is -0.677. The van der Waals surface area contributed by atoms with Gasteiger partial charge in [-0.25, -0.2) is 4.39 Å². The maximum absolute atomic E-state index is 13.5. The average Bonchev–Trinajstić information content (AvgIpc) is 2.99. The molecule has 2 aromatic carbocycles. The summed E-state index contributed by atoms with van der Waals surface area (Å²) in [6.07, 6.45) is 2.41. The zero-order valence-electron chi connectivity index (χ0n) is 12.2. The first-order chi connectivity index (χ1) is 10.6. The Morgan fingerprint density at radius 1 is 1.14 bits per heavy atom. The van der Waals surface area contributed by atoms with Crippen LogP contribution in [0.3, 0.4) is 0 Å². The first kappa shape index (κ1) is 15.2. The first-order valence-corrected chi connectivity index (χ1v) is 7.82. The van der Waals surface area contributed by atoms with Gasteiger partial charge in [0.1, 0.15) is 5.82 Å². The van der Waals surface area contributed by atoms with E-state index in [0.717, 1.165) is 25.2 Å². The van der Waals surface area contributed by atoms with Crippen LogP contribution in [0.2, 0.25) is 5.02 Å². The molecule has 0 unspecified atom stereocenters. The summed E-state index contributed by atoms with van der Waals surface area (Å²) in [6.45, 7) is 2.88. The average molecular weight is 318 g/mol. The van der Waals surface area contributed by atoms with Gasteiger partial charge in [0.25, 0.3) is 0 Å². The Labute approximate surface area is 134 Å². The van der Waals surface area contributed by atoms with Crippen LogP contribution in [0.15, 0.2) is 42.5 Å². The minimum Gasteiger partial charge on any atom is -0.299 e. The van der Waals surface area contributed by atoms with E-state index in [4.69, 9.17) is 11.6 Å². The molecular weight excluding hydrogens is 301 g/mol. The second kappa shape index (κ2) is 6.59. The van der Waals surface area contributed by atoms with Gasteiger partial charge in [0.05, 0.1) is 0 Å². The lowest BCUT2D eigenvalue weighted by molar-refractivity contribution is 0.103. The smallest absolute Gasteiger partial charge is 0.193 e. The van der Waals surface area contributed by atoms with Gasteiger partial charge in [-0.2, -0.15) is 0 Å². The fraction of sp³-hybridized carbons (Fsp3) is 0.278. The minimum atomic E-state index is -0.493. The molecule has 22 heavy (non-hydrogen) atoms. The van der Waals surface area contributed by atoms with Crippen LogP contribution in [0.1, 0.15) is 34.3 Å². The van der Waals surface area contributed by atoms with E-state index in [1.165, 1.54) is 31.0 Å². The number of ketones is 1. The van der Waals surface area contributed by atoms with E-state index in [1.54, 1.807) is 6.07 Å². The van der Waals surface area contributed by atoms with Crippen LogP contribution in [0.5, 0.6) is 0 Å². The minimum absolute atomic E-state index is 0.184. The lowest BCUT2D eigenvalue weighted by Crippen LogP contribution is -2.20. The monoisotopic (exact) mass is 317 g/mol. The van der Waals surface area contributed by atoms with E-state index in [9.17, 15) is 9.18 Å². The van der Waals surface area contributed by atoms with E-state index >= 15 is 0 Å². The molecule has 2 aromatic rings. The molecule has 0 spiro atoms. The van der Waals surface area contributed by atoms with E-state index in [1.807, 2.05) is 18.2 Å². The van der Waals surface area contributed by atoms with Gasteiger partial charge in [-0.15, -0.1) is 0 Å². The standard InChI is InChI=1S/C18H17ClFNO/c19-15-9-14(10-16(20)11-15)18(22)17-6-2-1-5-13(17)12-21-7-3-4-8-21/h1-2,5-6,9-11H,3-4,7-8,12H2. The van der Waals surface area contributed by atoms with Crippen LogP contribution >= 0.6 is 11.6 Å². The molecule has 2 nitrogen and oxygen atoms in total. The van der Waals surface area contributed by atoms with Gasteiger partial charge in [0, 0.05) is 22.7 Å². The second-order valence-corrected chi connectivity index (χ2v) is 6.06. The number of hydrogen-bond acceptors (Lipinski definition) is 2. The van der Waals surface area contributed by atoms with Gasteiger partial charge in [-0.05, 0) is 49.7 Å². The predicted octanol–water partition coefficient (Wildman–Crippen LogP) is 4.31. The number of carbonyl (C=O) groups is 1. The van der Waals surface area contributed by atoms with Crippen LogP contribution in [0.4, 0.5) is 4.39 Å². The summed E-state index contributed by atoms with van der Waals surface area (Å²) >= 11 is 5.86. The summed E-state index contributed by atoms with van der Waals surface area (Å²) in [7, 11) is 0. The largest absolute Gasteiger partial charge is 0.299 e. The van der Waals surface area contributed by atoms with Crippen LogP contribution in [-0.4, -0.2) is 23.8 Å². The molecule has 0 atom stereocenters. The Kier molecular flexibility index (Phi) is 4.55. The highest BCUT2D eigenvalue weighted by molar-refractivity contribution is 6.31. The van der Waals surface area contributed by atoms with E-state index < -0.39 is 5.82 Å². The quantitative estimate of drug-likeness (QED) is 0.783. The number of likely N-dealkylation sites (tertiary alicyclic amines) is 1. The SMILES string of the molecule is O=C(c1cc(F)cc(Cl)c1)c1ccccc1CN1CCCC1. The van der Waals surface area contributed by atoms with Crippen LogP contribution in [0, 0.1) is 5.82 Å². The summed E-state index contributed by atoms with van der Waals surface area (Å²) in [6, 6.07) is 11.5. The van der Waals surface area contributed by atoms with Gasteiger partial charge in [-0.3, -0.25) is 9.69 Å². The summed E-state index contributed by atoms with van der Waals surface area (Å²) < 4.78 is 13.5. The molecule has 1 heterocycles. The fourth-order valence-corrected chi connectivity index (χ4v) is 3.12. The highest BCUT2D eigenvalue weighted by Crippen LogP contribution is 2.21. The number of halogens is 2. The fourth-order valence-electron chi connectivity index (χ4n) is 2.90. The number of rotatable bonds is 4. The summed E-state index contributed by atoms with van der Waals surface area (Å²) in [5, 5.41) is 0.236. The molecule has 0 aromatic heterocycles. The predicted molar refractivity (Wildman–Crippen MR) is 85.8 cm³/mol. The Morgan fingerprint density at radius 3 is 2.59 bits per heavy atom. The molecule has 0 aliphatic carbocycles. The van der Waals surface area contributed by atoms with Gasteiger partial charge < -0.3 is 0 Å². The molecule has 4 heteroatoms. The highest BCUT2D eigenvalue weighted by atomic mass is 35.5. The number of carbonyl (C=O) groups excluding carboxylic acids is 1. The van der Waals surface area contributed by atoms with Crippen molar-refractivity contribution in [2.45, 2.75) is 19.4 Å². The molecule has 1 saturated heterocycles. The highest BCUT2D eigenvalue weighted by Gasteiger charge is 2.18. The third kappa shape index (κ3) is 3.37. The number of nitrogens with zero attached hydrogens (tertiary/aromatic N) is 1. The molecule has 0 radical (unpaired) electrons. The molecule has 0 N–H and O–H groups in total. The third-order valence-electron chi connectivity index (χ3n) is 3.98. The molecule has 1 aliphatic heterocycles. The van der Waals surface area contributed by atoms with Crippen molar-refractivity contribution in [3.05, 3.63) is 70.0 Å². The summed E-state index contributed by atoms with van der Waals surface area (Å²) in [4.78, 5) is 15.0. The Morgan fingerprint density at radius 2 is 1.86 bits per heavy atom. The van der Waals surface area contributed by atoms with Gasteiger partial charge in [0.15, 0.2) is 5.78 Å². The molecule has 0 saturated carbocycles. The van der Waals surface area contributed by atoms with Gasteiger partial charge >= 0.3 is 0 Å². The van der Waals surface area contributed by atoms with E-state index in [0.29, 0.717) is 11.1 Å². The third-order valence-corrected chi connectivity index (χ3v) is 4.20. The first-order valence-electron chi connectivity index (χ1n) is 7.44. The van der Waals surface area contributed by atoms with Crippen LogP contribution in [0.25, 0.3) is 0 Å². The zero-order chi connectivity index (χ0) is 15.5. The normalized spacial score (nSPS) is 15.2. The molecule has 0 amide bonds. The molecular formula is C18H17ClFNO. The Bertz CT molecular complexity index is 675. The molecule has 114 valence electrons. The molecule has 1 aliphatic rings. The van der Waals surface area contributed by atoms with Crippen molar-refractivity contribution in [2.24, 2.45) is 0 Å². The lowest BCUT2D eigenvalue weighted by Gasteiger charge is -2.17. The lowest BCUT2D eigenvalue weighted by atomic mass is 9.98. The Hall–Kier alpha value is -1.71. The molecule has 0 bridgehead atoms. The Balaban J connectivity index is 1.91. The van der Waals surface area contributed by atoms with E-state index in [2.05, 4.69) is 4.90 Å². The topological polar surface area (TPSA) is 20.3 Å². The maximum Gasteiger partial charge on any atom is 0.193 e. The van der Waals surface area contributed by atoms with E-state index in [-0.39, 0.29) is 10.8 Å². The van der Waals surface area contributed by atoms with Crippen molar-refractivity contribution in [1.29, 1.82) is 0 Å². The van der Waals surface area contributed by atoms with Gasteiger partial charge in [-0.1, -0.05) is 35.9 Å². The van der Waals surface area contributed by atoms with Crippen molar-refractivity contribution in [3.8, 4) is 0 Å². The van der Waals surface area contributed by atoms with Gasteiger partial charge in [0.2, 0.25) is 0 Å². The summed E-state index contributed by atoms with van der Waals surface area (Å²) in [5.41, 5.74) is 1.89. The number of benzene rings is 2. The maximum atomic E-state index is 13.5. The van der Waals surface area contributed by atoms with Crippen LogP contribution in [-0.2, 0) is 6.54 Å². The van der Waals surface area contributed by atoms with Crippen molar-refractivity contribution in [2.75, 3.05) is 13.1 Å². The van der Waals surface area contributed by atoms with Crippen molar-refractivity contribution in [1.82, 2.24) is 4.90 Å². The molecule has 3 rings (SSSR count). The molecule has 1 fully saturated rings. The van der Waals surface area contributed by atoms with Crippen molar-refractivity contribution >= 4 is 17.4 Å². The number of hydrogen-bond donors (Lipinski definition) is 0. The van der Waals surface area contributed by atoms with Crippen molar-refractivity contribution < 1.29 is 9.18 Å².